The van der Waals surface area contributed by atoms with Crippen LogP contribution in [0.3, 0.4) is 0 Å². The van der Waals surface area contributed by atoms with E-state index in [0.717, 1.165) is 17.1 Å². The summed E-state index contributed by atoms with van der Waals surface area (Å²) in [6.45, 7) is 3.80. The molecule has 2 aromatic heterocycles. The molecule has 2 heterocycles. The zero-order chi connectivity index (χ0) is 10.8. The van der Waals surface area contributed by atoms with Gasteiger partial charge in [-0.2, -0.15) is 0 Å². The summed E-state index contributed by atoms with van der Waals surface area (Å²) in [4.78, 5) is 8.34. The van der Waals surface area contributed by atoms with E-state index in [1.807, 2.05) is 19.9 Å². The molecule has 0 saturated carbocycles. The number of aromatic nitrogens is 2. The second-order valence-electron chi connectivity index (χ2n) is 3.24. The first-order chi connectivity index (χ1) is 7.22. The molecular formula is C11H12N2O2. The highest BCUT2D eigenvalue weighted by Crippen LogP contribution is 2.30. The molecule has 0 aliphatic rings. The fourth-order valence-electron chi connectivity index (χ4n) is 1.53. The maximum Gasteiger partial charge on any atom is 0.240 e. The van der Waals surface area contributed by atoms with Crippen molar-refractivity contribution in [2.75, 3.05) is 7.11 Å². The summed E-state index contributed by atoms with van der Waals surface area (Å²) in [5.74, 6) is 2.20. The number of aryl methyl sites for hydroxylation is 2. The van der Waals surface area contributed by atoms with Crippen molar-refractivity contribution in [1.29, 1.82) is 0 Å². The third-order valence-corrected chi connectivity index (χ3v) is 2.15. The molecule has 0 saturated heterocycles. The number of ether oxygens (including phenoxy) is 1. The molecule has 78 valence electrons. The molecule has 0 atom stereocenters. The van der Waals surface area contributed by atoms with E-state index in [9.17, 15) is 0 Å². The molecule has 0 radical (unpaired) electrons. The van der Waals surface area contributed by atoms with Gasteiger partial charge in [-0.05, 0) is 19.9 Å². The Kier molecular flexibility index (Phi) is 2.41. The average Bonchev–Trinajstić information content (AvgIpc) is 2.57. The molecule has 0 amide bonds. The fourth-order valence-corrected chi connectivity index (χ4v) is 1.53. The standard InChI is InChI=1S/C11H12N2O2/c1-7-6-9(8(2)15-7)10-11(14-3)13-5-4-12-10/h4-6H,1-3H3. The van der Waals surface area contributed by atoms with E-state index >= 15 is 0 Å². The molecule has 4 heteroatoms. The number of hydrogen-bond donors (Lipinski definition) is 0. The van der Waals surface area contributed by atoms with Gasteiger partial charge in [0.2, 0.25) is 5.88 Å². The predicted octanol–water partition coefficient (Wildman–Crippen LogP) is 2.36. The molecular weight excluding hydrogens is 192 g/mol. The van der Waals surface area contributed by atoms with Gasteiger partial charge in [0.1, 0.15) is 17.2 Å². The summed E-state index contributed by atoms with van der Waals surface area (Å²) in [5.41, 5.74) is 1.65. The first kappa shape index (κ1) is 9.71. The van der Waals surface area contributed by atoms with Crippen molar-refractivity contribution in [2.24, 2.45) is 0 Å². The highest BCUT2D eigenvalue weighted by Gasteiger charge is 2.13. The number of nitrogens with zero attached hydrogens (tertiary/aromatic N) is 2. The molecule has 4 nitrogen and oxygen atoms in total. The van der Waals surface area contributed by atoms with Gasteiger partial charge in [-0.1, -0.05) is 0 Å². The Balaban J connectivity index is 2.58. The molecule has 0 unspecified atom stereocenters. The van der Waals surface area contributed by atoms with Crippen molar-refractivity contribution >= 4 is 0 Å². The van der Waals surface area contributed by atoms with E-state index in [1.54, 1.807) is 19.5 Å². The lowest BCUT2D eigenvalue weighted by Crippen LogP contribution is -1.93. The van der Waals surface area contributed by atoms with Crippen molar-refractivity contribution in [1.82, 2.24) is 9.97 Å². The maximum absolute atomic E-state index is 5.45. The zero-order valence-electron chi connectivity index (χ0n) is 8.94. The van der Waals surface area contributed by atoms with Crippen molar-refractivity contribution in [3.05, 3.63) is 30.0 Å². The van der Waals surface area contributed by atoms with Gasteiger partial charge in [0.25, 0.3) is 0 Å². The Morgan fingerprint density at radius 1 is 1.20 bits per heavy atom. The predicted molar refractivity (Wildman–Crippen MR) is 55.8 cm³/mol. The molecule has 0 fully saturated rings. The first-order valence-corrected chi connectivity index (χ1v) is 4.64. The number of furan rings is 1. The van der Waals surface area contributed by atoms with E-state index in [1.165, 1.54) is 0 Å². The minimum Gasteiger partial charge on any atom is -0.479 e. The monoisotopic (exact) mass is 204 g/mol. The van der Waals surface area contributed by atoms with Crippen molar-refractivity contribution in [3.8, 4) is 17.1 Å². The SMILES string of the molecule is COc1nccnc1-c1cc(C)oc1C. The molecule has 0 aliphatic heterocycles. The summed E-state index contributed by atoms with van der Waals surface area (Å²) in [7, 11) is 1.58. The summed E-state index contributed by atoms with van der Waals surface area (Å²) >= 11 is 0. The molecule has 2 rings (SSSR count). The van der Waals surface area contributed by atoms with Crippen LogP contribution >= 0.6 is 0 Å². The van der Waals surface area contributed by atoms with Gasteiger partial charge in [-0.15, -0.1) is 0 Å². The number of methoxy groups -OCH3 is 1. The van der Waals surface area contributed by atoms with Crippen LogP contribution in [-0.4, -0.2) is 17.1 Å². The van der Waals surface area contributed by atoms with Gasteiger partial charge in [0.15, 0.2) is 0 Å². The second-order valence-corrected chi connectivity index (χ2v) is 3.24. The van der Waals surface area contributed by atoms with Gasteiger partial charge in [0, 0.05) is 18.0 Å². The molecule has 0 bridgehead atoms. The van der Waals surface area contributed by atoms with Crippen molar-refractivity contribution in [2.45, 2.75) is 13.8 Å². The molecule has 0 aliphatic carbocycles. The fraction of sp³-hybridized carbons (Fsp3) is 0.273. The van der Waals surface area contributed by atoms with Crippen LogP contribution in [0.5, 0.6) is 5.88 Å². The largest absolute Gasteiger partial charge is 0.479 e. The van der Waals surface area contributed by atoms with Crippen LogP contribution in [0.1, 0.15) is 11.5 Å². The molecule has 15 heavy (non-hydrogen) atoms. The van der Waals surface area contributed by atoms with Crippen molar-refractivity contribution in [3.63, 3.8) is 0 Å². The van der Waals surface area contributed by atoms with E-state index in [0.29, 0.717) is 11.6 Å². The Labute approximate surface area is 87.9 Å². The molecule has 2 aromatic rings. The van der Waals surface area contributed by atoms with E-state index in [2.05, 4.69) is 9.97 Å². The third kappa shape index (κ3) is 1.70. The lowest BCUT2D eigenvalue weighted by Gasteiger charge is -2.03. The van der Waals surface area contributed by atoms with Gasteiger partial charge < -0.3 is 9.15 Å². The van der Waals surface area contributed by atoms with Gasteiger partial charge in [-0.3, -0.25) is 0 Å². The van der Waals surface area contributed by atoms with Crippen LogP contribution in [0.15, 0.2) is 22.9 Å². The van der Waals surface area contributed by atoms with Gasteiger partial charge in [0.05, 0.1) is 7.11 Å². The Bertz CT molecular complexity index is 477. The molecule has 0 N–H and O–H groups in total. The quantitative estimate of drug-likeness (QED) is 0.753. The van der Waals surface area contributed by atoms with E-state index < -0.39 is 0 Å². The van der Waals surface area contributed by atoms with E-state index in [-0.39, 0.29) is 0 Å². The van der Waals surface area contributed by atoms with Crippen LogP contribution in [0.2, 0.25) is 0 Å². The highest BCUT2D eigenvalue weighted by atomic mass is 16.5. The Morgan fingerprint density at radius 2 is 1.93 bits per heavy atom. The van der Waals surface area contributed by atoms with Crippen molar-refractivity contribution < 1.29 is 9.15 Å². The minimum atomic E-state index is 0.515. The topological polar surface area (TPSA) is 48.2 Å². The molecule has 0 spiro atoms. The maximum atomic E-state index is 5.45. The Morgan fingerprint density at radius 3 is 2.53 bits per heavy atom. The summed E-state index contributed by atoms with van der Waals surface area (Å²) in [6, 6.07) is 1.93. The minimum absolute atomic E-state index is 0.515. The normalized spacial score (nSPS) is 10.3. The smallest absolute Gasteiger partial charge is 0.240 e. The third-order valence-electron chi connectivity index (χ3n) is 2.15. The van der Waals surface area contributed by atoms with Crippen LogP contribution in [0.4, 0.5) is 0 Å². The summed E-state index contributed by atoms with van der Waals surface area (Å²) in [6.07, 6.45) is 3.24. The van der Waals surface area contributed by atoms with Crippen LogP contribution in [-0.2, 0) is 0 Å². The first-order valence-electron chi connectivity index (χ1n) is 4.64. The lowest BCUT2D eigenvalue weighted by molar-refractivity contribution is 0.397. The lowest BCUT2D eigenvalue weighted by atomic mass is 10.2. The number of rotatable bonds is 2. The summed E-state index contributed by atoms with van der Waals surface area (Å²) < 4.78 is 10.6. The summed E-state index contributed by atoms with van der Waals surface area (Å²) in [5, 5.41) is 0. The van der Waals surface area contributed by atoms with Crippen LogP contribution < -0.4 is 4.74 Å². The second kappa shape index (κ2) is 3.73. The zero-order valence-corrected chi connectivity index (χ0v) is 8.94. The Hall–Kier alpha value is -1.84. The van der Waals surface area contributed by atoms with Gasteiger partial charge >= 0.3 is 0 Å². The molecule has 0 aromatic carbocycles. The van der Waals surface area contributed by atoms with Gasteiger partial charge in [-0.25, -0.2) is 9.97 Å². The highest BCUT2D eigenvalue weighted by molar-refractivity contribution is 5.66. The average molecular weight is 204 g/mol. The number of hydrogen-bond acceptors (Lipinski definition) is 4. The van der Waals surface area contributed by atoms with E-state index in [4.69, 9.17) is 9.15 Å². The van der Waals surface area contributed by atoms with Crippen LogP contribution in [0.25, 0.3) is 11.3 Å². The van der Waals surface area contributed by atoms with Crippen LogP contribution in [0, 0.1) is 13.8 Å².